The lowest BCUT2D eigenvalue weighted by molar-refractivity contribution is 0.834. The Morgan fingerprint density at radius 1 is 0.955 bits per heavy atom. The van der Waals surface area contributed by atoms with Gasteiger partial charge in [0.2, 0.25) is 0 Å². The van der Waals surface area contributed by atoms with Crippen molar-refractivity contribution in [3.8, 4) is 0 Å². The predicted molar refractivity (Wildman–Crippen MR) is 94.1 cm³/mol. The minimum Gasteiger partial charge on any atom is -0.298 e. The molecule has 0 amide bonds. The molecule has 0 spiro atoms. The van der Waals surface area contributed by atoms with Crippen molar-refractivity contribution in [1.29, 1.82) is 0 Å². The number of rotatable bonds is 3. The molecule has 1 fully saturated rings. The molecular weight excluding hydrogens is 342 g/mol. The number of nitrogens with zero attached hydrogens (tertiary/aromatic N) is 2. The lowest BCUT2D eigenvalue weighted by Crippen LogP contribution is -2.26. The van der Waals surface area contributed by atoms with Crippen LogP contribution in [0.15, 0.2) is 81.4 Å². The first-order valence-corrected chi connectivity index (χ1v) is 7.46. The molecule has 1 aliphatic rings. The van der Waals surface area contributed by atoms with Crippen LogP contribution in [0, 0.1) is 0 Å². The monoisotopic (exact) mass is 355 g/mol. The molecule has 0 aromatic heterocycles. The van der Waals surface area contributed by atoms with Gasteiger partial charge in [0.25, 0.3) is 0 Å². The number of hydrogen-bond donors (Lipinski definition) is 3. The van der Waals surface area contributed by atoms with Crippen molar-refractivity contribution in [3.63, 3.8) is 0 Å². The maximum absolute atomic E-state index is 4.52. The van der Waals surface area contributed by atoms with Crippen LogP contribution in [-0.2, 0) is 0 Å². The van der Waals surface area contributed by atoms with Gasteiger partial charge in [-0.05, 0) is 36.4 Å². The third-order valence-electron chi connectivity index (χ3n) is 2.98. The van der Waals surface area contributed by atoms with Crippen molar-refractivity contribution in [3.05, 3.63) is 71.3 Å². The van der Waals surface area contributed by atoms with E-state index in [0.29, 0.717) is 17.2 Å². The molecule has 3 N–H and O–H groups in total. The molecule has 3 rings (SSSR count). The molecule has 1 heterocycles. The molecule has 110 valence electrons. The molecule has 1 aliphatic heterocycles. The van der Waals surface area contributed by atoms with Gasteiger partial charge < -0.3 is 0 Å². The minimum absolute atomic E-state index is 0.626. The number of nitrogens with one attached hydrogen (secondary N) is 3. The average Bonchev–Trinajstić information content (AvgIpc) is 2.88. The molecule has 0 aliphatic carbocycles. The zero-order valence-electron chi connectivity index (χ0n) is 11.7. The lowest BCUT2D eigenvalue weighted by Gasteiger charge is -2.02. The van der Waals surface area contributed by atoms with Crippen LogP contribution < -0.4 is 16.3 Å². The quantitative estimate of drug-likeness (QED) is 0.737. The van der Waals surface area contributed by atoms with E-state index in [1.165, 1.54) is 0 Å². The normalized spacial score (nSPS) is 17.4. The summed E-state index contributed by atoms with van der Waals surface area (Å²) in [5.41, 5.74) is 11.9. The summed E-state index contributed by atoms with van der Waals surface area (Å²) in [4.78, 5) is 4.52. The van der Waals surface area contributed by atoms with Crippen LogP contribution in [0.2, 0.25) is 0 Å². The van der Waals surface area contributed by atoms with Crippen molar-refractivity contribution in [2.75, 3.05) is 5.43 Å². The zero-order valence-corrected chi connectivity index (χ0v) is 13.3. The second-order valence-corrected chi connectivity index (χ2v) is 5.52. The fourth-order valence-corrected chi connectivity index (χ4v) is 2.14. The van der Waals surface area contributed by atoms with Gasteiger partial charge in [0.05, 0.1) is 17.1 Å². The first kappa shape index (κ1) is 14.3. The average molecular weight is 356 g/mol. The van der Waals surface area contributed by atoms with Crippen molar-refractivity contribution in [2.24, 2.45) is 10.1 Å². The lowest BCUT2D eigenvalue weighted by atomic mass is 10.3. The molecule has 0 atom stereocenters. The van der Waals surface area contributed by atoms with E-state index >= 15 is 0 Å². The summed E-state index contributed by atoms with van der Waals surface area (Å²) in [6.45, 7) is 3.92. The van der Waals surface area contributed by atoms with Crippen LogP contribution in [-0.4, -0.2) is 11.5 Å². The summed E-state index contributed by atoms with van der Waals surface area (Å²) in [7, 11) is 0. The molecule has 2 aromatic rings. The van der Waals surface area contributed by atoms with Crippen molar-refractivity contribution >= 4 is 38.9 Å². The molecule has 0 saturated carbocycles. The highest BCUT2D eigenvalue weighted by atomic mass is 79.9. The van der Waals surface area contributed by atoms with Crippen LogP contribution >= 0.6 is 15.9 Å². The van der Waals surface area contributed by atoms with E-state index in [2.05, 4.69) is 48.9 Å². The van der Waals surface area contributed by atoms with Crippen LogP contribution in [0.5, 0.6) is 0 Å². The summed E-state index contributed by atoms with van der Waals surface area (Å²) in [5.74, 6) is 0.626. The molecule has 0 unspecified atom stereocenters. The van der Waals surface area contributed by atoms with Gasteiger partial charge in [-0.15, -0.1) is 0 Å². The molecule has 0 bridgehead atoms. The first-order chi connectivity index (χ1) is 10.7. The highest BCUT2D eigenvalue weighted by Crippen LogP contribution is 2.15. The summed E-state index contributed by atoms with van der Waals surface area (Å²) in [6.07, 6.45) is 0. The summed E-state index contributed by atoms with van der Waals surface area (Å²) >= 11 is 3.40. The standard InChI is InChI=1S/C16H14BrN5/c1-11-15(21-20-14-9-7-12(17)8-10-14)16(22-19-11)18-13-5-3-2-4-6-13/h2-10,19-20H,1H2,(H,18,22)/b21-15+. The zero-order chi connectivity index (χ0) is 15.4. The van der Waals surface area contributed by atoms with E-state index in [9.17, 15) is 0 Å². The van der Waals surface area contributed by atoms with Crippen LogP contribution in [0.4, 0.5) is 11.4 Å². The number of anilines is 1. The Hall–Kier alpha value is -2.60. The molecule has 22 heavy (non-hydrogen) atoms. The molecule has 1 saturated heterocycles. The van der Waals surface area contributed by atoms with Crippen molar-refractivity contribution in [2.45, 2.75) is 0 Å². The summed E-state index contributed by atoms with van der Waals surface area (Å²) in [6, 6.07) is 17.4. The Kier molecular flexibility index (Phi) is 4.20. The van der Waals surface area contributed by atoms with Crippen LogP contribution in [0.1, 0.15) is 0 Å². The molecular formula is C16H14BrN5. The van der Waals surface area contributed by atoms with Crippen molar-refractivity contribution in [1.82, 2.24) is 10.9 Å². The van der Waals surface area contributed by atoms with Gasteiger partial charge in [-0.3, -0.25) is 16.3 Å². The number of hydrazone groups is 1. The molecule has 6 heteroatoms. The van der Waals surface area contributed by atoms with Crippen LogP contribution in [0.25, 0.3) is 0 Å². The number of halogens is 1. The third-order valence-corrected chi connectivity index (χ3v) is 3.51. The van der Waals surface area contributed by atoms with E-state index in [4.69, 9.17) is 0 Å². The highest BCUT2D eigenvalue weighted by molar-refractivity contribution is 9.10. The fraction of sp³-hybridized carbons (Fsp3) is 0. The Morgan fingerprint density at radius 3 is 2.41 bits per heavy atom. The van der Waals surface area contributed by atoms with E-state index in [1.54, 1.807) is 0 Å². The maximum atomic E-state index is 4.52. The van der Waals surface area contributed by atoms with Gasteiger partial charge in [0.15, 0.2) is 11.5 Å². The van der Waals surface area contributed by atoms with E-state index in [0.717, 1.165) is 15.8 Å². The Balaban J connectivity index is 1.83. The number of para-hydroxylation sites is 1. The second-order valence-electron chi connectivity index (χ2n) is 4.60. The van der Waals surface area contributed by atoms with E-state index in [1.807, 2.05) is 54.6 Å². The smallest absolute Gasteiger partial charge is 0.175 e. The van der Waals surface area contributed by atoms with Gasteiger partial charge in [-0.2, -0.15) is 5.10 Å². The van der Waals surface area contributed by atoms with Gasteiger partial charge in [-0.1, -0.05) is 40.7 Å². The second kappa shape index (κ2) is 6.44. The summed E-state index contributed by atoms with van der Waals surface area (Å²) in [5, 5.41) is 4.38. The minimum atomic E-state index is 0.626. The highest BCUT2D eigenvalue weighted by Gasteiger charge is 2.20. The number of hydrogen-bond acceptors (Lipinski definition) is 4. The number of hydrazine groups is 1. The van der Waals surface area contributed by atoms with Gasteiger partial charge >= 0.3 is 0 Å². The molecule has 2 aromatic carbocycles. The van der Waals surface area contributed by atoms with Crippen LogP contribution in [0.3, 0.4) is 0 Å². The Bertz CT molecular complexity index is 735. The van der Waals surface area contributed by atoms with Gasteiger partial charge in [0, 0.05) is 4.47 Å². The molecule has 5 nitrogen and oxygen atoms in total. The Morgan fingerprint density at radius 2 is 1.68 bits per heavy atom. The summed E-state index contributed by atoms with van der Waals surface area (Å²) < 4.78 is 1.02. The van der Waals surface area contributed by atoms with E-state index < -0.39 is 0 Å². The Labute approximate surface area is 137 Å². The fourth-order valence-electron chi connectivity index (χ4n) is 1.87. The van der Waals surface area contributed by atoms with E-state index in [-0.39, 0.29) is 0 Å². The van der Waals surface area contributed by atoms with Gasteiger partial charge in [-0.25, -0.2) is 4.99 Å². The predicted octanol–water partition coefficient (Wildman–Crippen LogP) is 3.57. The van der Waals surface area contributed by atoms with Crippen molar-refractivity contribution < 1.29 is 0 Å². The maximum Gasteiger partial charge on any atom is 0.175 e. The topological polar surface area (TPSA) is 60.8 Å². The number of aliphatic imine (C=N–C) groups is 1. The first-order valence-electron chi connectivity index (χ1n) is 6.67. The molecule has 0 radical (unpaired) electrons. The number of benzene rings is 2. The van der Waals surface area contributed by atoms with Gasteiger partial charge in [0.1, 0.15) is 0 Å². The third kappa shape index (κ3) is 3.35. The SMILES string of the molecule is C=C1NNC(=Nc2ccccc2)/C1=N/Nc1ccc(Br)cc1. The largest absolute Gasteiger partial charge is 0.298 e. The number of amidine groups is 1.